The number of nitrogens with one attached hydrogen (secondary N) is 1. The second kappa shape index (κ2) is 6.97. The predicted octanol–water partition coefficient (Wildman–Crippen LogP) is 1.41. The molecule has 118 valence electrons. The fourth-order valence-electron chi connectivity index (χ4n) is 1.79. The van der Waals surface area contributed by atoms with Gasteiger partial charge in [-0.1, -0.05) is 29.4 Å². The highest BCUT2D eigenvalue weighted by molar-refractivity contribution is 7.98. The highest BCUT2D eigenvalue weighted by Gasteiger charge is 2.12. The molecule has 0 aliphatic rings. The van der Waals surface area contributed by atoms with Crippen molar-refractivity contribution in [1.29, 1.82) is 0 Å². The summed E-state index contributed by atoms with van der Waals surface area (Å²) >= 11 is 6.90. The number of hydrogen-bond donors (Lipinski definition) is 1. The number of hydrogen-bond acceptors (Lipinski definition) is 4. The van der Waals surface area contributed by atoms with Crippen LogP contribution >= 0.6 is 23.4 Å². The SMILES string of the molecule is CSc1nn(CC(=O)NCc2ccc(Cl)c(F)c2)c(=O)n1C. The van der Waals surface area contributed by atoms with E-state index in [1.165, 1.54) is 28.5 Å². The van der Waals surface area contributed by atoms with E-state index in [9.17, 15) is 14.0 Å². The number of benzene rings is 1. The lowest BCUT2D eigenvalue weighted by molar-refractivity contribution is -0.122. The molecule has 0 saturated heterocycles. The van der Waals surface area contributed by atoms with E-state index in [-0.39, 0.29) is 29.7 Å². The third-order valence-electron chi connectivity index (χ3n) is 2.95. The van der Waals surface area contributed by atoms with Crippen LogP contribution in [0.25, 0.3) is 0 Å². The van der Waals surface area contributed by atoms with Crippen LogP contribution in [0.4, 0.5) is 4.39 Å². The molecule has 1 amide bonds. The predicted molar refractivity (Wildman–Crippen MR) is 82.5 cm³/mol. The van der Waals surface area contributed by atoms with Crippen molar-refractivity contribution in [2.24, 2.45) is 7.05 Å². The molecule has 0 spiro atoms. The van der Waals surface area contributed by atoms with Crippen molar-refractivity contribution < 1.29 is 9.18 Å². The lowest BCUT2D eigenvalue weighted by atomic mass is 10.2. The molecule has 1 heterocycles. The summed E-state index contributed by atoms with van der Waals surface area (Å²) in [6.45, 7) is -0.0484. The normalized spacial score (nSPS) is 10.7. The van der Waals surface area contributed by atoms with Crippen LogP contribution in [0, 0.1) is 5.82 Å². The summed E-state index contributed by atoms with van der Waals surface area (Å²) in [4.78, 5) is 23.7. The molecule has 0 aliphatic heterocycles. The van der Waals surface area contributed by atoms with E-state index in [0.29, 0.717) is 10.7 Å². The van der Waals surface area contributed by atoms with Gasteiger partial charge in [0.05, 0.1) is 5.02 Å². The van der Waals surface area contributed by atoms with E-state index < -0.39 is 5.82 Å². The molecular weight excluding hydrogens is 331 g/mol. The van der Waals surface area contributed by atoms with E-state index in [1.807, 2.05) is 0 Å². The van der Waals surface area contributed by atoms with Crippen LogP contribution < -0.4 is 11.0 Å². The quantitative estimate of drug-likeness (QED) is 0.833. The van der Waals surface area contributed by atoms with Gasteiger partial charge in [0.15, 0.2) is 5.16 Å². The number of carbonyl (C=O) groups excluding carboxylic acids is 1. The Hall–Kier alpha value is -1.80. The van der Waals surface area contributed by atoms with Crippen molar-refractivity contribution in [2.45, 2.75) is 18.2 Å². The molecule has 2 aromatic rings. The van der Waals surface area contributed by atoms with Crippen LogP contribution in [0.5, 0.6) is 0 Å². The van der Waals surface area contributed by atoms with Gasteiger partial charge < -0.3 is 5.32 Å². The summed E-state index contributed by atoms with van der Waals surface area (Å²) in [6.07, 6.45) is 1.79. The molecule has 0 aliphatic carbocycles. The van der Waals surface area contributed by atoms with Gasteiger partial charge in [0.2, 0.25) is 5.91 Å². The Morgan fingerprint density at radius 2 is 2.23 bits per heavy atom. The highest BCUT2D eigenvalue weighted by Crippen LogP contribution is 2.15. The molecule has 0 unspecified atom stereocenters. The van der Waals surface area contributed by atoms with Gasteiger partial charge in [-0.05, 0) is 24.0 Å². The highest BCUT2D eigenvalue weighted by atomic mass is 35.5. The second-order valence-electron chi connectivity index (χ2n) is 4.51. The van der Waals surface area contributed by atoms with Crippen LogP contribution in [0.1, 0.15) is 5.56 Å². The number of halogens is 2. The van der Waals surface area contributed by atoms with Gasteiger partial charge in [0.1, 0.15) is 12.4 Å². The molecule has 6 nitrogen and oxygen atoms in total. The van der Waals surface area contributed by atoms with E-state index in [4.69, 9.17) is 11.6 Å². The van der Waals surface area contributed by atoms with Crippen molar-refractivity contribution in [2.75, 3.05) is 6.26 Å². The van der Waals surface area contributed by atoms with Gasteiger partial charge in [0, 0.05) is 13.6 Å². The maximum absolute atomic E-state index is 13.3. The Labute approximate surface area is 135 Å². The van der Waals surface area contributed by atoms with Crippen LogP contribution in [-0.2, 0) is 24.9 Å². The van der Waals surface area contributed by atoms with Crippen molar-refractivity contribution in [1.82, 2.24) is 19.7 Å². The maximum Gasteiger partial charge on any atom is 0.346 e. The number of aromatic nitrogens is 3. The third kappa shape index (κ3) is 3.69. The molecule has 1 aromatic heterocycles. The smallest absolute Gasteiger partial charge is 0.346 e. The standard InChI is InChI=1S/C13H14ClFN4O2S/c1-18-12(22-2)17-19(13(18)21)7-11(20)16-6-8-3-4-9(14)10(15)5-8/h3-5H,6-7H2,1-2H3,(H,16,20). The molecule has 22 heavy (non-hydrogen) atoms. The van der Waals surface area contributed by atoms with Gasteiger partial charge in [-0.25, -0.2) is 13.9 Å². The zero-order valence-corrected chi connectivity index (χ0v) is 13.5. The van der Waals surface area contributed by atoms with Gasteiger partial charge >= 0.3 is 5.69 Å². The summed E-state index contributed by atoms with van der Waals surface area (Å²) in [5, 5.41) is 7.20. The molecule has 1 aromatic carbocycles. The van der Waals surface area contributed by atoms with Gasteiger partial charge in [-0.3, -0.25) is 9.36 Å². The Morgan fingerprint density at radius 1 is 1.50 bits per heavy atom. The van der Waals surface area contributed by atoms with Crippen molar-refractivity contribution in [3.8, 4) is 0 Å². The van der Waals surface area contributed by atoms with Crippen molar-refractivity contribution >= 4 is 29.3 Å². The lowest BCUT2D eigenvalue weighted by Crippen LogP contribution is -2.33. The van der Waals surface area contributed by atoms with E-state index in [2.05, 4.69) is 10.4 Å². The average Bonchev–Trinajstić information content (AvgIpc) is 2.76. The molecule has 0 fully saturated rings. The summed E-state index contributed by atoms with van der Waals surface area (Å²) in [7, 11) is 1.59. The number of amides is 1. The molecule has 1 N–H and O–H groups in total. The maximum atomic E-state index is 13.3. The minimum Gasteiger partial charge on any atom is -0.350 e. The zero-order valence-electron chi connectivity index (χ0n) is 12.0. The topological polar surface area (TPSA) is 68.9 Å². The fourth-order valence-corrected chi connectivity index (χ4v) is 2.44. The van der Waals surface area contributed by atoms with Gasteiger partial charge in [-0.2, -0.15) is 0 Å². The number of carbonyl (C=O) groups is 1. The third-order valence-corrected chi connectivity index (χ3v) is 3.98. The van der Waals surface area contributed by atoms with Crippen molar-refractivity contribution in [3.63, 3.8) is 0 Å². The van der Waals surface area contributed by atoms with E-state index >= 15 is 0 Å². The molecule has 9 heteroatoms. The Kier molecular flexibility index (Phi) is 5.25. The Morgan fingerprint density at radius 3 is 2.82 bits per heavy atom. The average molecular weight is 345 g/mol. The molecule has 0 bridgehead atoms. The largest absolute Gasteiger partial charge is 0.350 e. The summed E-state index contributed by atoms with van der Waals surface area (Å²) in [5.74, 6) is -0.929. The minimum atomic E-state index is -0.543. The van der Waals surface area contributed by atoms with Crippen LogP contribution in [-0.4, -0.2) is 26.5 Å². The molecule has 0 radical (unpaired) electrons. The first-order chi connectivity index (χ1) is 10.4. The zero-order chi connectivity index (χ0) is 16.3. The summed E-state index contributed by atoms with van der Waals surface area (Å²) < 4.78 is 15.7. The molecular formula is C13H14ClFN4O2S. The van der Waals surface area contributed by atoms with Crippen LogP contribution in [0.3, 0.4) is 0 Å². The Bertz CT molecular complexity index is 759. The molecule has 2 rings (SSSR count). The first-order valence-corrected chi connectivity index (χ1v) is 7.91. The number of thioether (sulfide) groups is 1. The van der Waals surface area contributed by atoms with Crippen LogP contribution in [0.2, 0.25) is 5.02 Å². The first kappa shape index (κ1) is 16.6. The molecule has 0 saturated carbocycles. The first-order valence-electron chi connectivity index (χ1n) is 6.31. The summed E-state index contributed by atoms with van der Waals surface area (Å²) in [6, 6.07) is 4.29. The molecule has 0 atom stereocenters. The number of nitrogens with zero attached hydrogens (tertiary/aromatic N) is 3. The van der Waals surface area contributed by atoms with Crippen LogP contribution in [0.15, 0.2) is 28.2 Å². The van der Waals surface area contributed by atoms with E-state index in [1.54, 1.807) is 19.4 Å². The number of rotatable bonds is 5. The Balaban J connectivity index is 1.98. The monoisotopic (exact) mass is 344 g/mol. The van der Waals surface area contributed by atoms with E-state index in [0.717, 1.165) is 4.68 Å². The van der Waals surface area contributed by atoms with Gasteiger partial charge in [-0.15, -0.1) is 5.10 Å². The second-order valence-corrected chi connectivity index (χ2v) is 5.69. The van der Waals surface area contributed by atoms with Gasteiger partial charge in [0.25, 0.3) is 0 Å². The summed E-state index contributed by atoms with van der Waals surface area (Å²) in [5.41, 5.74) is 0.213. The van der Waals surface area contributed by atoms with Crippen molar-refractivity contribution in [3.05, 3.63) is 45.1 Å². The lowest BCUT2D eigenvalue weighted by Gasteiger charge is -2.05. The minimum absolute atomic E-state index is 0.0275. The fraction of sp³-hybridized carbons (Fsp3) is 0.308.